The van der Waals surface area contributed by atoms with Gasteiger partial charge < -0.3 is 10.3 Å². The Hall–Kier alpha value is -3.49. The molecule has 5 rings (SSSR count). The van der Waals surface area contributed by atoms with Crippen LogP contribution in [0.2, 0.25) is 0 Å². The van der Waals surface area contributed by atoms with Crippen molar-refractivity contribution in [2.45, 2.75) is 5.75 Å². The molecule has 2 aromatic carbocycles. The second-order valence-corrected chi connectivity index (χ2v) is 8.97. The second kappa shape index (κ2) is 8.94. The monoisotopic (exact) mass is 458 g/mol. The zero-order valence-corrected chi connectivity index (χ0v) is 18.5. The van der Waals surface area contributed by atoms with Gasteiger partial charge in [-0.1, -0.05) is 48.5 Å². The SMILES string of the molecule is O=C(CSCc1nc2scc(-c3ccccc3)c2c(=O)[nH]1)Nc1cccc2cccnc12. The number of hydrogen-bond donors (Lipinski definition) is 2. The van der Waals surface area contributed by atoms with E-state index in [0.717, 1.165) is 22.0 Å². The maximum Gasteiger partial charge on any atom is 0.260 e. The fourth-order valence-electron chi connectivity index (χ4n) is 3.52. The lowest BCUT2D eigenvalue weighted by molar-refractivity contribution is -0.113. The fraction of sp³-hybridized carbons (Fsp3) is 0.0833. The highest BCUT2D eigenvalue weighted by Crippen LogP contribution is 2.30. The Morgan fingerprint density at radius 2 is 1.91 bits per heavy atom. The van der Waals surface area contributed by atoms with Crippen LogP contribution < -0.4 is 10.9 Å². The Morgan fingerprint density at radius 3 is 2.78 bits per heavy atom. The molecule has 1 amide bonds. The topological polar surface area (TPSA) is 87.7 Å². The number of aromatic amines is 1. The number of carbonyl (C=O) groups is 1. The number of pyridine rings is 1. The molecule has 0 saturated carbocycles. The molecule has 0 unspecified atom stereocenters. The lowest BCUT2D eigenvalue weighted by Crippen LogP contribution is -2.15. The summed E-state index contributed by atoms with van der Waals surface area (Å²) in [5, 5.41) is 6.46. The number of H-pyrrole nitrogens is 1. The Morgan fingerprint density at radius 1 is 1.06 bits per heavy atom. The first-order valence-corrected chi connectivity index (χ1v) is 12.0. The van der Waals surface area contributed by atoms with Gasteiger partial charge in [-0.15, -0.1) is 23.1 Å². The van der Waals surface area contributed by atoms with Gasteiger partial charge in [-0.2, -0.15) is 0 Å². The van der Waals surface area contributed by atoms with Crippen molar-refractivity contribution < 1.29 is 4.79 Å². The van der Waals surface area contributed by atoms with Crippen molar-refractivity contribution in [3.05, 3.63) is 88.4 Å². The van der Waals surface area contributed by atoms with E-state index in [0.29, 0.717) is 27.5 Å². The first kappa shape index (κ1) is 20.4. The third kappa shape index (κ3) is 4.15. The van der Waals surface area contributed by atoms with Crippen molar-refractivity contribution in [2.75, 3.05) is 11.1 Å². The van der Waals surface area contributed by atoms with E-state index >= 15 is 0 Å². The molecule has 0 bridgehead atoms. The minimum atomic E-state index is -0.156. The molecular formula is C24H18N4O2S2. The van der Waals surface area contributed by atoms with Crippen LogP contribution in [0.25, 0.3) is 32.2 Å². The maximum atomic E-state index is 12.7. The number of fused-ring (bicyclic) bond motifs is 2. The van der Waals surface area contributed by atoms with Crippen LogP contribution in [0.5, 0.6) is 0 Å². The molecule has 0 radical (unpaired) electrons. The van der Waals surface area contributed by atoms with Gasteiger partial charge in [0.05, 0.1) is 28.1 Å². The van der Waals surface area contributed by atoms with Gasteiger partial charge in [-0.05, 0) is 17.7 Å². The minimum Gasteiger partial charge on any atom is -0.323 e. The third-order valence-corrected chi connectivity index (χ3v) is 6.77. The van der Waals surface area contributed by atoms with E-state index in [1.165, 1.54) is 23.1 Å². The summed E-state index contributed by atoms with van der Waals surface area (Å²) >= 11 is 2.85. The number of thiophene rings is 1. The Labute approximate surface area is 191 Å². The van der Waals surface area contributed by atoms with Crippen molar-refractivity contribution >= 4 is 55.8 Å². The first-order chi connectivity index (χ1) is 15.7. The molecule has 3 heterocycles. The molecule has 0 aliphatic carbocycles. The molecule has 0 fully saturated rings. The van der Waals surface area contributed by atoms with Crippen LogP contribution in [0.1, 0.15) is 5.82 Å². The molecule has 3 aromatic heterocycles. The quantitative estimate of drug-likeness (QED) is 0.371. The van der Waals surface area contributed by atoms with Crippen LogP contribution in [-0.2, 0) is 10.5 Å². The smallest absolute Gasteiger partial charge is 0.260 e. The van der Waals surface area contributed by atoms with Gasteiger partial charge >= 0.3 is 0 Å². The van der Waals surface area contributed by atoms with Crippen molar-refractivity contribution in [3.63, 3.8) is 0 Å². The number of benzene rings is 2. The largest absolute Gasteiger partial charge is 0.323 e. The summed E-state index contributed by atoms with van der Waals surface area (Å²) in [5.74, 6) is 1.11. The number of hydrogen-bond acceptors (Lipinski definition) is 6. The van der Waals surface area contributed by atoms with Crippen molar-refractivity contribution in [3.8, 4) is 11.1 Å². The number of nitrogens with zero attached hydrogens (tertiary/aromatic N) is 2. The lowest BCUT2D eigenvalue weighted by atomic mass is 10.1. The number of para-hydroxylation sites is 1. The summed E-state index contributed by atoms with van der Waals surface area (Å²) in [6.07, 6.45) is 1.71. The fourth-order valence-corrected chi connectivity index (χ4v) is 5.18. The lowest BCUT2D eigenvalue weighted by Gasteiger charge is -2.08. The van der Waals surface area contributed by atoms with Crippen LogP contribution in [0.3, 0.4) is 0 Å². The molecule has 8 heteroatoms. The molecule has 0 atom stereocenters. The van der Waals surface area contributed by atoms with Gasteiger partial charge in [0, 0.05) is 22.5 Å². The second-order valence-electron chi connectivity index (χ2n) is 7.13. The summed E-state index contributed by atoms with van der Waals surface area (Å²) in [4.78, 5) is 37.7. The average Bonchev–Trinajstić information content (AvgIpc) is 3.25. The van der Waals surface area contributed by atoms with Crippen molar-refractivity contribution in [2.24, 2.45) is 0 Å². The van der Waals surface area contributed by atoms with Crippen LogP contribution in [0, 0.1) is 0 Å². The highest BCUT2D eigenvalue weighted by atomic mass is 32.2. The first-order valence-electron chi connectivity index (χ1n) is 9.96. The van der Waals surface area contributed by atoms with Crippen LogP contribution in [0.15, 0.2) is 77.0 Å². The standard InChI is InChI=1S/C24H18N4O2S2/c29-20(26-18-10-4-8-16-9-5-11-25-22(16)18)14-31-13-19-27-23(30)21-17(12-32-24(21)28-19)15-6-2-1-3-7-15/h1-12H,13-14H2,(H,26,29)(H,27,28,30). The van der Waals surface area contributed by atoms with E-state index in [9.17, 15) is 9.59 Å². The minimum absolute atomic E-state index is 0.126. The van der Waals surface area contributed by atoms with Gasteiger partial charge in [0.1, 0.15) is 10.7 Å². The summed E-state index contributed by atoms with van der Waals surface area (Å²) in [6, 6.07) is 19.3. The number of anilines is 1. The number of nitrogens with one attached hydrogen (secondary N) is 2. The average molecular weight is 459 g/mol. The van der Waals surface area contributed by atoms with Crippen LogP contribution >= 0.6 is 23.1 Å². The van der Waals surface area contributed by atoms with Gasteiger partial charge in [0.15, 0.2) is 0 Å². The van der Waals surface area contributed by atoms with Crippen molar-refractivity contribution in [1.82, 2.24) is 15.0 Å². The normalized spacial score (nSPS) is 11.1. The zero-order valence-electron chi connectivity index (χ0n) is 16.9. The molecule has 0 aliphatic rings. The summed E-state index contributed by atoms with van der Waals surface area (Å²) < 4.78 is 0. The Balaban J connectivity index is 1.26. The Kier molecular flexibility index (Phi) is 5.70. The molecule has 32 heavy (non-hydrogen) atoms. The number of thioether (sulfide) groups is 1. The summed E-state index contributed by atoms with van der Waals surface area (Å²) in [7, 11) is 0. The molecule has 0 aliphatic heterocycles. The van der Waals surface area contributed by atoms with Crippen molar-refractivity contribution in [1.29, 1.82) is 0 Å². The summed E-state index contributed by atoms with van der Waals surface area (Å²) in [5.41, 5.74) is 3.18. The maximum absolute atomic E-state index is 12.7. The van der Waals surface area contributed by atoms with E-state index in [2.05, 4.69) is 20.3 Å². The van der Waals surface area contributed by atoms with E-state index in [4.69, 9.17) is 0 Å². The van der Waals surface area contributed by atoms with Crippen LogP contribution in [0.4, 0.5) is 5.69 Å². The molecule has 0 saturated heterocycles. The van der Waals surface area contributed by atoms with Gasteiger partial charge in [-0.25, -0.2) is 4.98 Å². The number of carbonyl (C=O) groups excluding carboxylic acids is 1. The predicted octanol–water partition coefficient (Wildman–Crippen LogP) is 5.07. The molecule has 158 valence electrons. The number of amides is 1. The zero-order chi connectivity index (χ0) is 21.9. The third-order valence-electron chi connectivity index (χ3n) is 4.96. The molecule has 2 N–H and O–H groups in total. The number of aromatic nitrogens is 3. The molecule has 5 aromatic rings. The number of rotatable bonds is 6. The van der Waals surface area contributed by atoms with Crippen LogP contribution in [-0.4, -0.2) is 26.6 Å². The highest BCUT2D eigenvalue weighted by Gasteiger charge is 2.13. The molecular weight excluding hydrogens is 440 g/mol. The van der Waals surface area contributed by atoms with E-state index in [1.807, 2.05) is 66.0 Å². The van der Waals surface area contributed by atoms with Gasteiger partial charge in [0.25, 0.3) is 5.56 Å². The molecule has 0 spiro atoms. The van der Waals surface area contributed by atoms with E-state index in [-0.39, 0.29) is 17.2 Å². The van der Waals surface area contributed by atoms with E-state index in [1.54, 1.807) is 6.20 Å². The highest BCUT2D eigenvalue weighted by molar-refractivity contribution is 7.99. The van der Waals surface area contributed by atoms with Gasteiger partial charge in [-0.3, -0.25) is 14.6 Å². The Bertz CT molecular complexity index is 1470. The predicted molar refractivity (Wildman–Crippen MR) is 132 cm³/mol. The summed E-state index contributed by atoms with van der Waals surface area (Å²) in [6.45, 7) is 0. The van der Waals surface area contributed by atoms with Gasteiger partial charge in [0.2, 0.25) is 5.91 Å². The molecule has 6 nitrogen and oxygen atoms in total. The van der Waals surface area contributed by atoms with E-state index < -0.39 is 0 Å².